The van der Waals surface area contributed by atoms with Crippen LogP contribution < -0.4 is 15.4 Å². The van der Waals surface area contributed by atoms with Crippen molar-refractivity contribution in [1.29, 1.82) is 0 Å². The van der Waals surface area contributed by atoms with Crippen LogP contribution in [-0.4, -0.2) is 25.2 Å². The molecule has 1 aromatic rings. The molecule has 0 aromatic heterocycles. The van der Waals surface area contributed by atoms with E-state index in [0.29, 0.717) is 6.04 Å². The van der Waals surface area contributed by atoms with E-state index in [9.17, 15) is 0 Å². The highest BCUT2D eigenvalue weighted by Crippen LogP contribution is 2.26. The van der Waals surface area contributed by atoms with E-state index in [1.807, 2.05) is 0 Å². The van der Waals surface area contributed by atoms with Crippen LogP contribution >= 0.6 is 0 Å². The molecule has 1 fully saturated rings. The van der Waals surface area contributed by atoms with E-state index < -0.39 is 0 Å². The minimum atomic E-state index is 0.232. The molecule has 1 aliphatic rings. The maximum absolute atomic E-state index is 5.38. The number of hydrogen-bond donors (Lipinski definition) is 2. The number of ether oxygens (including phenoxy) is 1. The Labute approximate surface area is 116 Å². The van der Waals surface area contributed by atoms with Crippen molar-refractivity contribution < 1.29 is 4.74 Å². The summed E-state index contributed by atoms with van der Waals surface area (Å²) >= 11 is 0. The van der Waals surface area contributed by atoms with Gasteiger partial charge in [-0.3, -0.25) is 0 Å². The first-order valence-electron chi connectivity index (χ1n) is 7.22. The molecule has 19 heavy (non-hydrogen) atoms. The summed E-state index contributed by atoms with van der Waals surface area (Å²) < 4.78 is 5.38. The Kier molecular flexibility index (Phi) is 4.35. The number of anilines is 1. The van der Waals surface area contributed by atoms with Crippen LogP contribution in [0.3, 0.4) is 0 Å². The summed E-state index contributed by atoms with van der Waals surface area (Å²) in [6.45, 7) is 7.79. The molecule has 1 saturated heterocycles. The molecule has 3 heteroatoms. The van der Waals surface area contributed by atoms with Gasteiger partial charge in [-0.2, -0.15) is 0 Å². The molecule has 0 amide bonds. The molecule has 0 aliphatic carbocycles. The van der Waals surface area contributed by atoms with Crippen molar-refractivity contribution in [3.63, 3.8) is 0 Å². The smallest absolute Gasteiger partial charge is 0.122 e. The van der Waals surface area contributed by atoms with Crippen LogP contribution in [0.25, 0.3) is 0 Å². The Bertz CT molecular complexity index is 429. The van der Waals surface area contributed by atoms with Gasteiger partial charge in [0.15, 0.2) is 0 Å². The van der Waals surface area contributed by atoms with Crippen molar-refractivity contribution in [3.05, 3.63) is 23.8 Å². The summed E-state index contributed by atoms with van der Waals surface area (Å²) in [4.78, 5) is 0. The van der Waals surface area contributed by atoms with Gasteiger partial charge < -0.3 is 15.4 Å². The lowest BCUT2D eigenvalue weighted by Gasteiger charge is -2.37. The molecule has 0 bridgehead atoms. The second kappa shape index (κ2) is 5.83. The molecule has 2 rings (SSSR count). The van der Waals surface area contributed by atoms with Crippen LogP contribution in [0.2, 0.25) is 0 Å². The Morgan fingerprint density at radius 2 is 2.21 bits per heavy atom. The SMILES string of the molecule is CCc1cc(NC2CCNC(C)(C)C2)ccc1OC. The minimum Gasteiger partial charge on any atom is -0.496 e. The summed E-state index contributed by atoms with van der Waals surface area (Å²) in [5.74, 6) is 0.985. The summed E-state index contributed by atoms with van der Waals surface area (Å²) in [6.07, 6.45) is 3.33. The highest BCUT2D eigenvalue weighted by atomic mass is 16.5. The number of hydrogen-bond acceptors (Lipinski definition) is 3. The molecule has 2 N–H and O–H groups in total. The van der Waals surface area contributed by atoms with Crippen molar-refractivity contribution in [1.82, 2.24) is 5.32 Å². The summed E-state index contributed by atoms with van der Waals surface area (Å²) in [6, 6.07) is 6.95. The van der Waals surface area contributed by atoms with Crippen LogP contribution in [0.5, 0.6) is 5.75 Å². The average molecular weight is 262 g/mol. The van der Waals surface area contributed by atoms with Crippen molar-refractivity contribution in [2.75, 3.05) is 19.0 Å². The van der Waals surface area contributed by atoms with Gasteiger partial charge in [0, 0.05) is 17.3 Å². The zero-order valence-electron chi connectivity index (χ0n) is 12.5. The van der Waals surface area contributed by atoms with E-state index >= 15 is 0 Å². The zero-order chi connectivity index (χ0) is 13.9. The molecule has 1 heterocycles. The molecule has 0 spiro atoms. The normalized spacial score (nSPS) is 22.0. The van der Waals surface area contributed by atoms with Crippen molar-refractivity contribution in [3.8, 4) is 5.75 Å². The molecule has 0 radical (unpaired) electrons. The Hall–Kier alpha value is -1.22. The van der Waals surface area contributed by atoms with Crippen molar-refractivity contribution in [2.24, 2.45) is 0 Å². The van der Waals surface area contributed by atoms with E-state index in [1.54, 1.807) is 7.11 Å². The summed E-state index contributed by atoms with van der Waals surface area (Å²) in [5.41, 5.74) is 2.71. The molecule has 1 aromatic carbocycles. The van der Waals surface area contributed by atoms with Crippen LogP contribution in [0.1, 0.15) is 39.2 Å². The fourth-order valence-corrected chi connectivity index (χ4v) is 2.88. The number of aryl methyl sites for hydroxylation is 1. The van der Waals surface area contributed by atoms with E-state index in [4.69, 9.17) is 4.74 Å². The number of nitrogens with one attached hydrogen (secondary N) is 2. The van der Waals surface area contributed by atoms with Crippen LogP contribution in [0.15, 0.2) is 18.2 Å². The first-order valence-corrected chi connectivity index (χ1v) is 7.22. The van der Waals surface area contributed by atoms with Gasteiger partial charge in [-0.15, -0.1) is 0 Å². The predicted molar refractivity (Wildman–Crippen MR) is 81.1 cm³/mol. The van der Waals surface area contributed by atoms with E-state index in [2.05, 4.69) is 49.6 Å². The third kappa shape index (κ3) is 3.63. The second-order valence-electron chi connectivity index (χ2n) is 6.02. The molecule has 1 atom stereocenters. The molecular weight excluding hydrogens is 236 g/mol. The molecule has 1 aliphatic heterocycles. The third-order valence-electron chi connectivity index (χ3n) is 3.89. The maximum atomic E-state index is 5.38. The van der Waals surface area contributed by atoms with Gasteiger partial charge in [0.25, 0.3) is 0 Å². The molecule has 3 nitrogen and oxygen atoms in total. The third-order valence-corrected chi connectivity index (χ3v) is 3.89. The molecular formula is C16H26N2O. The average Bonchev–Trinajstić information content (AvgIpc) is 2.37. The van der Waals surface area contributed by atoms with Crippen LogP contribution in [0, 0.1) is 0 Å². The minimum absolute atomic E-state index is 0.232. The van der Waals surface area contributed by atoms with Crippen LogP contribution in [0.4, 0.5) is 5.69 Å². The maximum Gasteiger partial charge on any atom is 0.122 e. The van der Waals surface area contributed by atoms with Gasteiger partial charge in [0.05, 0.1) is 7.11 Å². The molecule has 1 unspecified atom stereocenters. The fraction of sp³-hybridized carbons (Fsp3) is 0.625. The van der Waals surface area contributed by atoms with Crippen LogP contribution in [-0.2, 0) is 6.42 Å². The highest BCUT2D eigenvalue weighted by Gasteiger charge is 2.27. The predicted octanol–water partition coefficient (Wildman–Crippen LogP) is 3.20. The van der Waals surface area contributed by atoms with Gasteiger partial charge >= 0.3 is 0 Å². The monoisotopic (exact) mass is 262 g/mol. The largest absolute Gasteiger partial charge is 0.496 e. The van der Waals surface area contributed by atoms with E-state index in [1.165, 1.54) is 17.7 Å². The number of benzene rings is 1. The summed E-state index contributed by atoms with van der Waals surface area (Å²) in [7, 11) is 1.73. The standard InChI is InChI=1S/C16H26N2O/c1-5-12-10-13(6-7-15(12)19-4)18-14-8-9-17-16(2,3)11-14/h6-7,10,14,17-18H,5,8-9,11H2,1-4H3. The second-order valence-corrected chi connectivity index (χ2v) is 6.02. The number of rotatable bonds is 4. The lowest BCUT2D eigenvalue weighted by atomic mass is 9.89. The first kappa shape index (κ1) is 14.2. The Morgan fingerprint density at radius 3 is 2.84 bits per heavy atom. The van der Waals surface area contributed by atoms with Crippen molar-refractivity contribution >= 4 is 5.69 Å². The van der Waals surface area contributed by atoms with Gasteiger partial charge in [0.2, 0.25) is 0 Å². The molecule has 106 valence electrons. The van der Waals surface area contributed by atoms with E-state index in [-0.39, 0.29) is 5.54 Å². The van der Waals surface area contributed by atoms with Gasteiger partial charge in [-0.1, -0.05) is 6.92 Å². The van der Waals surface area contributed by atoms with E-state index in [0.717, 1.165) is 25.1 Å². The molecule has 0 saturated carbocycles. The summed E-state index contributed by atoms with van der Waals surface area (Å²) in [5, 5.41) is 7.22. The number of piperidine rings is 1. The highest BCUT2D eigenvalue weighted by molar-refractivity contribution is 5.52. The van der Waals surface area contributed by atoms with Gasteiger partial charge in [-0.05, 0) is 63.4 Å². The van der Waals surface area contributed by atoms with Crippen molar-refractivity contribution in [2.45, 2.75) is 51.6 Å². The first-order chi connectivity index (χ1) is 9.04. The lowest BCUT2D eigenvalue weighted by molar-refractivity contribution is 0.286. The zero-order valence-corrected chi connectivity index (χ0v) is 12.5. The van der Waals surface area contributed by atoms with Gasteiger partial charge in [0.1, 0.15) is 5.75 Å². The number of methoxy groups -OCH3 is 1. The van der Waals surface area contributed by atoms with Gasteiger partial charge in [-0.25, -0.2) is 0 Å². The fourth-order valence-electron chi connectivity index (χ4n) is 2.88. The quantitative estimate of drug-likeness (QED) is 0.874. The Balaban J connectivity index is 2.06. The Morgan fingerprint density at radius 1 is 1.42 bits per heavy atom. The topological polar surface area (TPSA) is 33.3 Å². The lowest BCUT2D eigenvalue weighted by Crippen LogP contribution is -2.50.